The lowest BCUT2D eigenvalue weighted by Crippen LogP contribution is -2.37. The Labute approximate surface area is 152 Å². The number of likely N-dealkylation sites (tertiary alicyclic amines) is 1. The topological polar surface area (TPSA) is 53.4 Å². The number of carbonyl (C=O) groups is 1. The molecule has 4 rings (SSSR count). The number of β-amino-alcohol motifs (C(OH)–C–C–N with tert-alkyl or cyclic N) is 1. The molecule has 0 radical (unpaired) electrons. The number of nitrogens with zero attached hydrogens (tertiary/aromatic N) is 2. The highest BCUT2D eigenvalue weighted by atomic mass is 35.5. The van der Waals surface area contributed by atoms with E-state index in [2.05, 4.69) is 4.98 Å². The number of benzene rings is 1. The Kier molecular flexibility index (Phi) is 4.26. The van der Waals surface area contributed by atoms with Gasteiger partial charge in [-0.3, -0.25) is 9.78 Å². The summed E-state index contributed by atoms with van der Waals surface area (Å²) in [7, 11) is 0. The van der Waals surface area contributed by atoms with E-state index in [9.17, 15) is 9.90 Å². The number of hydrogen-bond donors (Lipinski definition) is 1. The number of aromatic nitrogens is 1. The Morgan fingerprint density at radius 1 is 1.32 bits per heavy atom. The quantitative estimate of drug-likeness (QED) is 0.913. The van der Waals surface area contributed by atoms with Crippen LogP contribution in [0.3, 0.4) is 0 Å². The van der Waals surface area contributed by atoms with Gasteiger partial charge in [-0.05, 0) is 49.1 Å². The summed E-state index contributed by atoms with van der Waals surface area (Å²) in [5.74, 6) is 0.498. The monoisotopic (exact) mass is 356 g/mol. The van der Waals surface area contributed by atoms with Gasteiger partial charge in [0.05, 0.1) is 12.1 Å². The second kappa shape index (κ2) is 6.43. The van der Waals surface area contributed by atoms with E-state index in [4.69, 9.17) is 11.6 Å². The summed E-state index contributed by atoms with van der Waals surface area (Å²) < 4.78 is 0. The standard InChI is InChI=1S/C20H21ClN2O2/c21-17-3-1-2-14(10-17)12-20(25)7-9-23(13-20)19(24)16-6-8-22-18(11-16)15-4-5-15/h1-3,6,8,10-11,15,25H,4-5,7,9,12-13H2. The average molecular weight is 357 g/mol. The number of rotatable bonds is 4. The van der Waals surface area contributed by atoms with Crippen LogP contribution in [-0.2, 0) is 6.42 Å². The highest BCUT2D eigenvalue weighted by Gasteiger charge is 2.38. The van der Waals surface area contributed by atoms with E-state index in [0.29, 0.717) is 42.4 Å². The van der Waals surface area contributed by atoms with Gasteiger partial charge in [0.25, 0.3) is 5.91 Å². The highest BCUT2D eigenvalue weighted by Crippen LogP contribution is 2.39. The molecule has 130 valence electrons. The number of hydrogen-bond acceptors (Lipinski definition) is 3. The number of amides is 1. The first-order valence-corrected chi connectivity index (χ1v) is 9.12. The van der Waals surface area contributed by atoms with Crippen LogP contribution in [0.1, 0.15) is 46.8 Å². The SMILES string of the molecule is O=C(c1ccnc(C2CC2)c1)N1CCC(O)(Cc2cccc(Cl)c2)C1. The zero-order chi connectivity index (χ0) is 17.4. The Bertz CT molecular complexity index is 806. The normalized spacial score (nSPS) is 23.0. The molecular formula is C20H21ClN2O2. The second-order valence-electron chi connectivity index (χ2n) is 7.25. The molecule has 0 spiro atoms. The van der Waals surface area contributed by atoms with Gasteiger partial charge in [-0.15, -0.1) is 0 Å². The maximum absolute atomic E-state index is 12.8. The van der Waals surface area contributed by atoms with Crippen molar-refractivity contribution in [2.75, 3.05) is 13.1 Å². The van der Waals surface area contributed by atoms with Crippen molar-refractivity contribution in [3.8, 4) is 0 Å². The molecule has 4 nitrogen and oxygen atoms in total. The van der Waals surface area contributed by atoms with Crippen LogP contribution in [-0.4, -0.2) is 39.6 Å². The first-order chi connectivity index (χ1) is 12.0. The molecule has 2 aliphatic rings. The van der Waals surface area contributed by atoms with Crippen molar-refractivity contribution in [1.29, 1.82) is 0 Å². The van der Waals surface area contributed by atoms with Gasteiger partial charge < -0.3 is 10.0 Å². The molecule has 1 N–H and O–H groups in total. The van der Waals surface area contributed by atoms with Crippen molar-refractivity contribution in [1.82, 2.24) is 9.88 Å². The fourth-order valence-electron chi connectivity index (χ4n) is 3.57. The number of aliphatic hydroxyl groups is 1. The molecule has 0 bridgehead atoms. The first-order valence-electron chi connectivity index (χ1n) is 8.74. The number of halogens is 1. The summed E-state index contributed by atoms with van der Waals surface area (Å²) in [4.78, 5) is 18.9. The van der Waals surface area contributed by atoms with Gasteiger partial charge in [-0.2, -0.15) is 0 Å². The summed E-state index contributed by atoms with van der Waals surface area (Å²) in [5, 5.41) is 11.6. The molecule has 1 aromatic carbocycles. The molecule has 25 heavy (non-hydrogen) atoms. The fourth-order valence-corrected chi connectivity index (χ4v) is 3.78. The summed E-state index contributed by atoms with van der Waals surface area (Å²) in [6, 6.07) is 11.2. The molecular weight excluding hydrogens is 336 g/mol. The third-order valence-corrected chi connectivity index (χ3v) is 5.30. The smallest absolute Gasteiger partial charge is 0.254 e. The lowest BCUT2D eigenvalue weighted by Gasteiger charge is -2.24. The van der Waals surface area contributed by atoms with Crippen molar-refractivity contribution in [3.63, 3.8) is 0 Å². The zero-order valence-corrected chi connectivity index (χ0v) is 14.7. The van der Waals surface area contributed by atoms with E-state index in [1.165, 1.54) is 0 Å². The Morgan fingerprint density at radius 2 is 2.16 bits per heavy atom. The lowest BCUT2D eigenvalue weighted by atomic mass is 9.94. The minimum atomic E-state index is -0.896. The van der Waals surface area contributed by atoms with Crippen LogP contribution in [0.25, 0.3) is 0 Å². The molecule has 1 atom stereocenters. The molecule has 5 heteroatoms. The molecule has 2 heterocycles. The summed E-state index contributed by atoms with van der Waals surface area (Å²) in [6.45, 7) is 0.913. The Morgan fingerprint density at radius 3 is 2.92 bits per heavy atom. The minimum absolute atomic E-state index is 0.0219. The molecule has 1 saturated carbocycles. The van der Waals surface area contributed by atoms with Gasteiger partial charge in [-0.1, -0.05) is 23.7 Å². The largest absolute Gasteiger partial charge is 0.388 e. The van der Waals surface area contributed by atoms with Crippen LogP contribution in [0.5, 0.6) is 0 Å². The molecule has 1 saturated heterocycles. The van der Waals surface area contributed by atoms with Crippen molar-refractivity contribution in [2.45, 2.75) is 37.2 Å². The van der Waals surface area contributed by atoms with E-state index in [0.717, 1.165) is 24.1 Å². The van der Waals surface area contributed by atoms with Gasteiger partial charge in [0.15, 0.2) is 0 Å². The summed E-state index contributed by atoms with van der Waals surface area (Å²) in [5.41, 5.74) is 1.78. The van der Waals surface area contributed by atoms with Crippen LogP contribution in [0.15, 0.2) is 42.6 Å². The molecule has 2 aromatic rings. The molecule has 1 aromatic heterocycles. The van der Waals surface area contributed by atoms with Gasteiger partial charge in [0, 0.05) is 41.4 Å². The van der Waals surface area contributed by atoms with Crippen molar-refractivity contribution >= 4 is 17.5 Å². The van der Waals surface area contributed by atoms with Gasteiger partial charge in [-0.25, -0.2) is 0 Å². The predicted molar refractivity (Wildman–Crippen MR) is 96.8 cm³/mol. The first kappa shape index (κ1) is 16.6. The third-order valence-electron chi connectivity index (χ3n) is 5.07. The third kappa shape index (κ3) is 3.70. The van der Waals surface area contributed by atoms with Crippen LogP contribution in [0, 0.1) is 0 Å². The van der Waals surface area contributed by atoms with Gasteiger partial charge >= 0.3 is 0 Å². The summed E-state index contributed by atoms with van der Waals surface area (Å²) >= 11 is 6.03. The number of pyridine rings is 1. The fraction of sp³-hybridized carbons (Fsp3) is 0.400. The van der Waals surface area contributed by atoms with E-state index in [1.807, 2.05) is 30.3 Å². The van der Waals surface area contributed by atoms with Crippen LogP contribution in [0.4, 0.5) is 0 Å². The minimum Gasteiger partial charge on any atom is -0.388 e. The molecule has 1 unspecified atom stereocenters. The van der Waals surface area contributed by atoms with Crippen LogP contribution >= 0.6 is 11.6 Å². The van der Waals surface area contributed by atoms with Crippen molar-refractivity contribution in [3.05, 3.63) is 64.4 Å². The molecule has 2 fully saturated rings. The second-order valence-corrected chi connectivity index (χ2v) is 7.69. The van der Waals surface area contributed by atoms with Crippen LogP contribution < -0.4 is 0 Å². The maximum atomic E-state index is 12.8. The lowest BCUT2D eigenvalue weighted by molar-refractivity contribution is 0.0445. The Hall–Kier alpha value is -1.91. The van der Waals surface area contributed by atoms with Crippen molar-refractivity contribution < 1.29 is 9.90 Å². The van der Waals surface area contributed by atoms with Crippen molar-refractivity contribution in [2.24, 2.45) is 0 Å². The van der Waals surface area contributed by atoms with E-state index in [-0.39, 0.29) is 5.91 Å². The van der Waals surface area contributed by atoms with E-state index >= 15 is 0 Å². The zero-order valence-electron chi connectivity index (χ0n) is 14.0. The molecule has 1 aliphatic heterocycles. The van der Waals surface area contributed by atoms with Gasteiger partial charge in [0.1, 0.15) is 0 Å². The predicted octanol–water partition coefficient (Wildman–Crippen LogP) is 3.43. The van der Waals surface area contributed by atoms with E-state index in [1.54, 1.807) is 17.2 Å². The highest BCUT2D eigenvalue weighted by molar-refractivity contribution is 6.30. The Balaban J connectivity index is 1.46. The van der Waals surface area contributed by atoms with E-state index < -0.39 is 5.60 Å². The molecule has 1 amide bonds. The summed E-state index contributed by atoms with van der Waals surface area (Å²) in [6.07, 6.45) is 5.11. The van der Waals surface area contributed by atoms with Gasteiger partial charge in [0.2, 0.25) is 0 Å². The average Bonchev–Trinajstić information content (AvgIpc) is 3.37. The van der Waals surface area contributed by atoms with Crippen LogP contribution in [0.2, 0.25) is 5.02 Å². The molecule has 1 aliphatic carbocycles. The number of carbonyl (C=O) groups excluding carboxylic acids is 1. The maximum Gasteiger partial charge on any atom is 0.254 e.